The number of rotatable bonds is 3. The van der Waals surface area contributed by atoms with Crippen molar-refractivity contribution in [3.8, 4) is 0 Å². The van der Waals surface area contributed by atoms with E-state index in [0.29, 0.717) is 5.69 Å². The summed E-state index contributed by atoms with van der Waals surface area (Å²) in [6, 6.07) is 3.21. The molecule has 1 heterocycles. The largest absolute Gasteiger partial charge is 0.379 e. The van der Waals surface area contributed by atoms with Crippen LogP contribution in [-0.2, 0) is 0 Å². The van der Waals surface area contributed by atoms with E-state index >= 15 is 0 Å². The first-order chi connectivity index (χ1) is 8.47. The number of halogens is 2. The highest BCUT2D eigenvalue weighted by molar-refractivity contribution is 5.49. The van der Waals surface area contributed by atoms with Gasteiger partial charge >= 0.3 is 0 Å². The molecule has 1 N–H and O–H groups in total. The summed E-state index contributed by atoms with van der Waals surface area (Å²) >= 11 is 0. The topological polar surface area (TPSA) is 15.3 Å². The van der Waals surface area contributed by atoms with Crippen LogP contribution in [0.2, 0.25) is 0 Å². The number of hydrogen-bond acceptors (Lipinski definition) is 2. The van der Waals surface area contributed by atoms with Gasteiger partial charge in [0.05, 0.1) is 5.69 Å². The average molecular weight is 254 g/mol. The fourth-order valence-corrected chi connectivity index (χ4v) is 2.32. The molecular formula is C14H20F2N2. The van der Waals surface area contributed by atoms with Gasteiger partial charge in [0.2, 0.25) is 0 Å². The summed E-state index contributed by atoms with van der Waals surface area (Å²) in [5, 5.41) is 3.12. The number of nitrogens with one attached hydrogen (secondary N) is 1. The maximum absolute atomic E-state index is 13.7. The van der Waals surface area contributed by atoms with E-state index < -0.39 is 11.6 Å². The number of benzene rings is 1. The van der Waals surface area contributed by atoms with Gasteiger partial charge in [0, 0.05) is 12.6 Å². The third-order valence-electron chi connectivity index (χ3n) is 3.47. The highest BCUT2D eigenvalue weighted by Gasteiger charge is 2.21. The van der Waals surface area contributed by atoms with Gasteiger partial charge in [0.1, 0.15) is 0 Å². The van der Waals surface area contributed by atoms with Crippen molar-refractivity contribution in [2.45, 2.75) is 32.2 Å². The second kappa shape index (κ2) is 5.22. The smallest absolute Gasteiger partial charge is 0.181 e. The van der Waals surface area contributed by atoms with Gasteiger partial charge in [-0.2, -0.15) is 0 Å². The van der Waals surface area contributed by atoms with Crippen LogP contribution in [0.5, 0.6) is 0 Å². The Bertz CT molecular complexity index is 432. The van der Waals surface area contributed by atoms with E-state index in [1.54, 1.807) is 6.07 Å². The van der Waals surface area contributed by atoms with Crippen molar-refractivity contribution < 1.29 is 8.78 Å². The predicted octanol–water partition coefficient (Wildman–Crippen LogP) is 3.20. The van der Waals surface area contributed by atoms with Gasteiger partial charge in [-0.1, -0.05) is 13.8 Å². The molecule has 1 aromatic rings. The molecule has 0 amide bonds. The highest BCUT2D eigenvalue weighted by Crippen LogP contribution is 2.26. The molecular weight excluding hydrogens is 234 g/mol. The molecule has 0 unspecified atom stereocenters. The normalized spacial score (nSPS) is 20.7. The number of likely N-dealkylation sites (tertiary alicyclic amines) is 1. The first kappa shape index (κ1) is 13.3. The quantitative estimate of drug-likeness (QED) is 0.891. The van der Waals surface area contributed by atoms with E-state index in [0.717, 1.165) is 25.1 Å². The lowest BCUT2D eigenvalue weighted by atomic mass is 10.0. The molecule has 0 aromatic heterocycles. The van der Waals surface area contributed by atoms with E-state index in [4.69, 9.17) is 0 Å². The van der Waals surface area contributed by atoms with Gasteiger partial charge in [-0.05, 0) is 43.6 Å². The SMILES string of the molecule is CC(C)c1cc(F)c(F)c(N[C@@H]2CCN(C)C2)c1. The molecule has 0 radical (unpaired) electrons. The molecule has 1 fully saturated rings. The number of nitrogens with zero attached hydrogens (tertiary/aromatic N) is 1. The Kier molecular flexibility index (Phi) is 3.85. The van der Waals surface area contributed by atoms with Crippen LogP contribution in [0.25, 0.3) is 0 Å². The lowest BCUT2D eigenvalue weighted by Gasteiger charge is -2.17. The summed E-state index contributed by atoms with van der Waals surface area (Å²) < 4.78 is 27.3. The molecule has 2 rings (SSSR count). The molecule has 0 saturated carbocycles. The van der Waals surface area contributed by atoms with Crippen molar-refractivity contribution in [3.05, 3.63) is 29.3 Å². The van der Waals surface area contributed by atoms with Crippen LogP contribution in [0.4, 0.5) is 14.5 Å². The summed E-state index contributed by atoms with van der Waals surface area (Å²) in [7, 11) is 2.03. The van der Waals surface area contributed by atoms with Gasteiger partial charge in [0.15, 0.2) is 11.6 Å². The molecule has 2 nitrogen and oxygen atoms in total. The van der Waals surface area contributed by atoms with Crippen molar-refractivity contribution in [3.63, 3.8) is 0 Å². The first-order valence-electron chi connectivity index (χ1n) is 6.41. The van der Waals surface area contributed by atoms with Crippen LogP contribution in [0.15, 0.2) is 12.1 Å². The van der Waals surface area contributed by atoms with Gasteiger partial charge in [-0.15, -0.1) is 0 Å². The number of likely N-dealkylation sites (N-methyl/N-ethyl adjacent to an activating group) is 1. The zero-order valence-corrected chi connectivity index (χ0v) is 11.1. The summed E-state index contributed by atoms with van der Waals surface area (Å²) in [5.41, 5.74) is 1.11. The Hall–Kier alpha value is -1.16. The second-order valence-electron chi connectivity index (χ2n) is 5.41. The van der Waals surface area contributed by atoms with Crippen molar-refractivity contribution in [1.82, 2.24) is 4.90 Å². The lowest BCUT2D eigenvalue weighted by molar-refractivity contribution is 0.413. The lowest BCUT2D eigenvalue weighted by Crippen LogP contribution is -2.24. The van der Waals surface area contributed by atoms with Crippen molar-refractivity contribution in [2.24, 2.45) is 0 Å². The minimum absolute atomic E-state index is 0.187. The molecule has 0 spiro atoms. The maximum Gasteiger partial charge on any atom is 0.181 e. The zero-order chi connectivity index (χ0) is 13.3. The second-order valence-corrected chi connectivity index (χ2v) is 5.41. The summed E-state index contributed by atoms with van der Waals surface area (Å²) in [4.78, 5) is 2.18. The monoisotopic (exact) mass is 254 g/mol. The molecule has 1 aliphatic rings. The Morgan fingerprint density at radius 2 is 2.06 bits per heavy atom. The van der Waals surface area contributed by atoms with E-state index in [9.17, 15) is 8.78 Å². The molecule has 1 aliphatic heterocycles. The van der Waals surface area contributed by atoms with E-state index in [1.807, 2.05) is 20.9 Å². The van der Waals surface area contributed by atoms with Crippen molar-refractivity contribution in [1.29, 1.82) is 0 Å². The average Bonchev–Trinajstić information content (AvgIpc) is 2.70. The third-order valence-corrected chi connectivity index (χ3v) is 3.47. The predicted molar refractivity (Wildman–Crippen MR) is 70.0 cm³/mol. The molecule has 1 aromatic carbocycles. The van der Waals surface area contributed by atoms with Crippen molar-refractivity contribution in [2.75, 3.05) is 25.5 Å². The van der Waals surface area contributed by atoms with E-state index in [1.165, 1.54) is 6.07 Å². The molecule has 100 valence electrons. The number of hydrogen-bond donors (Lipinski definition) is 1. The van der Waals surface area contributed by atoms with E-state index in [-0.39, 0.29) is 12.0 Å². The molecule has 0 aliphatic carbocycles. The standard InChI is InChI=1S/C14H20F2N2/c1-9(2)10-6-12(15)14(16)13(7-10)17-11-4-5-18(3)8-11/h6-7,9,11,17H,4-5,8H2,1-3H3/t11-/m1/s1. The Balaban J connectivity index is 2.21. The summed E-state index contributed by atoms with van der Waals surface area (Å²) in [5.74, 6) is -1.35. The summed E-state index contributed by atoms with van der Waals surface area (Å²) in [6.45, 7) is 5.80. The van der Waals surface area contributed by atoms with Crippen molar-refractivity contribution >= 4 is 5.69 Å². The molecule has 0 bridgehead atoms. The van der Waals surface area contributed by atoms with Gasteiger partial charge in [-0.25, -0.2) is 8.78 Å². The van der Waals surface area contributed by atoms with Crippen LogP contribution in [0.1, 0.15) is 31.7 Å². The molecule has 18 heavy (non-hydrogen) atoms. The minimum atomic E-state index is -0.769. The summed E-state index contributed by atoms with van der Waals surface area (Å²) in [6.07, 6.45) is 0.962. The van der Waals surface area contributed by atoms with Crippen LogP contribution in [0.3, 0.4) is 0 Å². The van der Waals surface area contributed by atoms with Crippen LogP contribution < -0.4 is 5.32 Å². The third kappa shape index (κ3) is 2.80. The Morgan fingerprint density at radius 3 is 2.61 bits per heavy atom. The van der Waals surface area contributed by atoms with Crippen LogP contribution >= 0.6 is 0 Å². The fourth-order valence-electron chi connectivity index (χ4n) is 2.32. The van der Waals surface area contributed by atoms with Gasteiger partial charge < -0.3 is 10.2 Å². The maximum atomic E-state index is 13.7. The number of anilines is 1. The molecule has 1 saturated heterocycles. The minimum Gasteiger partial charge on any atom is -0.379 e. The van der Waals surface area contributed by atoms with Gasteiger partial charge in [-0.3, -0.25) is 0 Å². The Labute approximate surface area is 107 Å². The first-order valence-corrected chi connectivity index (χ1v) is 6.41. The van der Waals surface area contributed by atoms with E-state index in [2.05, 4.69) is 10.2 Å². The molecule has 1 atom stereocenters. The van der Waals surface area contributed by atoms with Crippen LogP contribution in [-0.4, -0.2) is 31.1 Å². The zero-order valence-electron chi connectivity index (χ0n) is 11.1. The van der Waals surface area contributed by atoms with Gasteiger partial charge in [0.25, 0.3) is 0 Å². The Morgan fingerprint density at radius 1 is 1.33 bits per heavy atom. The highest BCUT2D eigenvalue weighted by atomic mass is 19.2. The van der Waals surface area contributed by atoms with Crippen LogP contribution in [0, 0.1) is 11.6 Å². The fraction of sp³-hybridized carbons (Fsp3) is 0.571. The molecule has 4 heteroatoms.